The number of carbonyl (C=O) groups excluding carboxylic acids is 1. The molecule has 0 saturated carbocycles. The highest BCUT2D eigenvalue weighted by atomic mass is 32.1. The van der Waals surface area contributed by atoms with Gasteiger partial charge in [-0.1, -0.05) is 36.5 Å². The molecule has 19 heavy (non-hydrogen) atoms. The molecule has 3 N–H and O–H groups in total. The zero-order chi connectivity index (χ0) is 14.5. The lowest BCUT2D eigenvalue weighted by Crippen LogP contribution is -2.24. The zero-order valence-electron chi connectivity index (χ0n) is 9.96. The Bertz CT molecular complexity index is 457. The van der Waals surface area contributed by atoms with Crippen LogP contribution >= 0.6 is 12.2 Å². The minimum Gasteiger partial charge on any atom is -0.389 e. The van der Waals surface area contributed by atoms with E-state index in [0.29, 0.717) is 5.56 Å². The third kappa shape index (κ3) is 6.19. The number of hydrogen-bond acceptors (Lipinski definition) is 2. The lowest BCUT2D eigenvalue weighted by atomic mass is 10.1. The molecule has 0 unspecified atom stereocenters. The lowest BCUT2D eigenvalue weighted by Gasteiger charge is -2.08. The maximum absolute atomic E-state index is 11.9. The number of nitrogens with two attached hydrogens (primary N) is 1. The van der Waals surface area contributed by atoms with Crippen molar-refractivity contribution in [1.82, 2.24) is 5.32 Å². The van der Waals surface area contributed by atoms with Crippen LogP contribution in [0, 0.1) is 0 Å². The Kier molecular flexibility index (Phi) is 5.29. The Balaban J connectivity index is 2.40. The molecule has 0 spiro atoms. The molecule has 7 heteroatoms. The Labute approximate surface area is 114 Å². The molecule has 0 aliphatic heterocycles. The van der Waals surface area contributed by atoms with Gasteiger partial charge in [0.05, 0.1) is 6.42 Å². The molecule has 1 rings (SSSR count). The summed E-state index contributed by atoms with van der Waals surface area (Å²) in [4.78, 5) is 11.5. The summed E-state index contributed by atoms with van der Waals surface area (Å²) < 4.78 is 35.7. The Hall–Kier alpha value is -1.63. The highest BCUT2D eigenvalue weighted by molar-refractivity contribution is 7.80. The van der Waals surface area contributed by atoms with Crippen LogP contribution in [0.1, 0.15) is 24.0 Å². The third-order valence-corrected chi connectivity index (χ3v) is 2.60. The highest BCUT2D eigenvalue weighted by Gasteiger charge is 2.27. The number of thiocarbonyl (C=S) groups is 1. The van der Waals surface area contributed by atoms with E-state index in [9.17, 15) is 18.0 Å². The smallest absolute Gasteiger partial charge is 0.389 e. The number of rotatable bonds is 5. The molecule has 0 heterocycles. The minimum atomic E-state index is -4.31. The first-order valence-electron chi connectivity index (χ1n) is 5.50. The van der Waals surface area contributed by atoms with Crippen molar-refractivity contribution in [2.75, 3.05) is 0 Å². The monoisotopic (exact) mass is 290 g/mol. The van der Waals surface area contributed by atoms with E-state index in [2.05, 4.69) is 5.32 Å². The van der Waals surface area contributed by atoms with Gasteiger partial charge in [-0.2, -0.15) is 13.2 Å². The lowest BCUT2D eigenvalue weighted by molar-refractivity contribution is -0.144. The highest BCUT2D eigenvalue weighted by Crippen LogP contribution is 2.21. The molecule has 0 saturated heterocycles. The van der Waals surface area contributed by atoms with Crippen molar-refractivity contribution in [2.45, 2.75) is 25.6 Å². The summed E-state index contributed by atoms with van der Waals surface area (Å²) in [6, 6.07) is 6.80. The van der Waals surface area contributed by atoms with Crippen LogP contribution < -0.4 is 11.1 Å². The predicted molar refractivity (Wildman–Crippen MR) is 69.5 cm³/mol. The molecule has 0 aliphatic rings. The number of alkyl halides is 3. The van der Waals surface area contributed by atoms with E-state index in [-0.39, 0.29) is 11.5 Å². The molecule has 0 aromatic heterocycles. The van der Waals surface area contributed by atoms with Crippen LogP contribution in [0.15, 0.2) is 24.3 Å². The molecule has 3 nitrogen and oxygen atoms in total. The molecular weight excluding hydrogens is 277 g/mol. The molecule has 0 fully saturated rings. The topological polar surface area (TPSA) is 55.1 Å². The summed E-state index contributed by atoms with van der Waals surface area (Å²) in [5.41, 5.74) is 6.88. The fourth-order valence-electron chi connectivity index (χ4n) is 1.33. The van der Waals surface area contributed by atoms with Gasteiger partial charge in [0.25, 0.3) is 0 Å². The predicted octanol–water partition coefficient (Wildman–Crippen LogP) is 2.28. The van der Waals surface area contributed by atoms with E-state index >= 15 is 0 Å². The molecule has 1 amide bonds. The van der Waals surface area contributed by atoms with Gasteiger partial charge in [0.1, 0.15) is 4.99 Å². The molecule has 1 aromatic rings. The van der Waals surface area contributed by atoms with Crippen molar-refractivity contribution in [3.05, 3.63) is 35.4 Å². The van der Waals surface area contributed by atoms with Gasteiger partial charge in [-0.15, -0.1) is 0 Å². The van der Waals surface area contributed by atoms with Gasteiger partial charge in [-0.3, -0.25) is 4.79 Å². The number of hydrogen-bond donors (Lipinski definition) is 2. The van der Waals surface area contributed by atoms with Crippen molar-refractivity contribution in [3.8, 4) is 0 Å². The summed E-state index contributed by atoms with van der Waals surface area (Å²) in [7, 11) is 0. The molecule has 0 aliphatic carbocycles. The second-order valence-electron chi connectivity index (χ2n) is 3.95. The number of halogens is 3. The molecule has 0 bridgehead atoms. The number of nitrogens with one attached hydrogen (secondary N) is 1. The Morgan fingerprint density at radius 1 is 1.26 bits per heavy atom. The Morgan fingerprint density at radius 3 is 2.32 bits per heavy atom. The normalized spacial score (nSPS) is 11.1. The largest absolute Gasteiger partial charge is 0.389 e. The van der Waals surface area contributed by atoms with Crippen LogP contribution in [-0.4, -0.2) is 17.1 Å². The second-order valence-corrected chi connectivity index (χ2v) is 4.39. The average molecular weight is 290 g/mol. The first-order chi connectivity index (χ1) is 8.78. The van der Waals surface area contributed by atoms with E-state index < -0.39 is 24.9 Å². The van der Waals surface area contributed by atoms with E-state index in [1.807, 2.05) is 0 Å². The van der Waals surface area contributed by atoms with Crippen LogP contribution in [0.5, 0.6) is 0 Å². The van der Waals surface area contributed by atoms with Crippen molar-refractivity contribution < 1.29 is 18.0 Å². The summed E-state index contributed by atoms with van der Waals surface area (Å²) in [6.45, 7) is 0.175. The number of amides is 1. The van der Waals surface area contributed by atoms with Crippen LogP contribution in [0.4, 0.5) is 13.2 Å². The van der Waals surface area contributed by atoms with Gasteiger partial charge >= 0.3 is 6.18 Å². The number of carbonyl (C=O) groups is 1. The van der Waals surface area contributed by atoms with Crippen LogP contribution in [-0.2, 0) is 11.3 Å². The maximum Gasteiger partial charge on any atom is 0.389 e. The number of benzene rings is 1. The molecule has 0 atom stereocenters. The molecule has 0 radical (unpaired) electrons. The molecular formula is C12H13F3N2OS. The average Bonchev–Trinajstić information content (AvgIpc) is 2.33. The molecule has 1 aromatic carbocycles. The second kappa shape index (κ2) is 6.51. The van der Waals surface area contributed by atoms with Crippen molar-refractivity contribution >= 4 is 23.1 Å². The van der Waals surface area contributed by atoms with Crippen LogP contribution in [0.3, 0.4) is 0 Å². The van der Waals surface area contributed by atoms with Gasteiger partial charge in [-0.05, 0) is 5.56 Å². The summed E-state index contributed by atoms with van der Waals surface area (Å²) in [6.07, 6.45) is -5.98. The van der Waals surface area contributed by atoms with Gasteiger partial charge in [-0.25, -0.2) is 0 Å². The van der Waals surface area contributed by atoms with Gasteiger partial charge in [0, 0.05) is 18.5 Å². The van der Waals surface area contributed by atoms with Crippen LogP contribution in [0.25, 0.3) is 0 Å². The quantitative estimate of drug-likeness (QED) is 0.818. The van der Waals surface area contributed by atoms with Crippen molar-refractivity contribution in [3.63, 3.8) is 0 Å². The zero-order valence-corrected chi connectivity index (χ0v) is 10.8. The van der Waals surface area contributed by atoms with E-state index in [4.69, 9.17) is 18.0 Å². The first kappa shape index (κ1) is 15.4. The van der Waals surface area contributed by atoms with Crippen molar-refractivity contribution in [2.24, 2.45) is 5.73 Å². The summed E-state index contributed by atoms with van der Waals surface area (Å²) in [5, 5.41) is 2.42. The standard InChI is InChI=1S/C12H13F3N2OS/c13-12(14,15)6-5-10(18)17-7-8-1-3-9(4-2-8)11(16)19/h1-4H,5-7H2,(H2,16,19)(H,17,18). The first-order valence-corrected chi connectivity index (χ1v) is 5.91. The maximum atomic E-state index is 11.9. The van der Waals surface area contributed by atoms with Gasteiger partial charge in [0.15, 0.2) is 0 Å². The summed E-state index contributed by atoms with van der Waals surface area (Å²) in [5.74, 6) is -0.629. The van der Waals surface area contributed by atoms with Crippen molar-refractivity contribution in [1.29, 1.82) is 0 Å². The van der Waals surface area contributed by atoms with E-state index in [0.717, 1.165) is 5.56 Å². The molecule has 104 valence electrons. The minimum absolute atomic E-state index is 0.175. The summed E-state index contributed by atoms with van der Waals surface area (Å²) >= 11 is 4.78. The van der Waals surface area contributed by atoms with Gasteiger partial charge in [0.2, 0.25) is 5.91 Å². The van der Waals surface area contributed by atoms with Crippen LogP contribution in [0.2, 0.25) is 0 Å². The fraction of sp³-hybridized carbons (Fsp3) is 0.333. The SMILES string of the molecule is NC(=S)c1ccc(CNC(=O)CCC(F)(F)F)cc1. The fourth-order valence-corrected chi connectivity index (χ4v) is 1.47. The van der Waals surface area contributed by atoms with E-state index in [1.165, 1.54) is 0 Å². The van der Waals surface area contributed by atoms with E-state index in [1.54, 1.807) is 24.3 Å². The Morgan fingerprint density at radius 2 is 1.84 bits per heavy atom. The third-order valence-electron chi connectivity index (χ3n) is 2.36. The van der Waals surface area contributed by atoms with Gasteiger partial charge < -0.3 is 11.1 Å².